The summed E-state index contributed by atoms with van der Waals surface area (Å²) in [4.78, 5) is 15.4. The van der Waals surface area contributed by atoms with E-state index in [1.807, 2.05) is 23.6 Å². The summed E-state index contributed by atoms with van der Waals surface area (Å²) < 4.78 is 0. The van der Waals surface area contributed by atoms with Crippen LogP contribution in [0.2, 0.25) is 0 Å². The Kier molecular flexibility index (Phi) is 4.36. The molecule has 21 heavy (non-hydrogen) atoms. The van der Waals surface area contributed by atoms with Crippen LogP contribution in [0.5, 0.6) is 0 Å². The molecule has 0 atom stereocenters. The third kappa shape index (κ3) is 3.71. The molecule has 2 aromatic rings. The fraction of sp³-hybridized carbons (Fsp3) is 0.467. The second-order valence-corrected chi connectivity index (χ2v) is 6.60. The summed E-state index contributed by atoms with van der Waals surface area (Å²) in [5.41, 5.74) is 0.937. The van der Waals surface area contributed by atoms with Crippen LogP contribution in [0.25, 0.3) is 10.6 Å². The van der Waals surface area contributed by atoms with Crippen LogP contribution >= 0.6 is 11.3 Å². The summed E-state index contributed by atoms with van der Waals surface area (Å²) in [6.45, 7) is 4.74. The monoisotopic (exact) mass is 304 g/mol. The third-order valence-corrected chi connectivity index (χ3v) is 4.78. The van der Waals surface area contributed by atoms with Crippen molar-refractivity contribution in [1.29, 1.82) is 0 Å². The van der Waals surface area contributed by atoms with Crippen LogP contribution in [-0.4, -0.2) is 40.6 Å². The zero-order valence-corrected chi connectivity index (χ0v) is 12.9. The highest BCUT2D eigenvalue weighted by atomic mass is 32.1. The quantitative estimate of drug-likeness (QED) is 0.913. The van der Waals surface area contributed by atoms with Gasteiger partial charge in [0.25, 0.3) is 0 Å². The van der Waals surface area contributed by atoms with Gasteiger partial charge in [0.2, 0.25) is 5.91 Å². The van der Waals surface area contributed by atoms with Crippen molar-refractivity contribution in [3.05, 3.63) is 23.6 Å². The van der Waals surface area contributed by atoms with Crippen molar-refractivity contribution < 1.29 is 4.79 Å². The minimum atomic E-state index is 0.00813. The van der Waals surface area contributed by atoms with Gasteiger partial charge < -0.3 is 5.32 Å². The van der Waals surface area contributed by atoms with Crippen LogP contribution in [0.4, 0.5) is 5.82 Å². The summed E-state index contributed by atoms with van der Waals surface area (Å²) in [7, 11) is 0. The third-order valence-electron chi connectivity index (χ3n) is 3.88. The van der Waals surface area contributed by atoms with Crippen molar-refractivity contribution in [3.8, 4) is 10.6 Å². The molecule has 1 aliphatic rings. The number of anilines is 1. The second-order valence-electron chi connectivity index (χ2n) is 5.65. The van der Waals surface area contributed by atoms with Gasteiger partial charge in [-0.15, -0.1) is 11.3 Å². The number of hydrogen-bond acceptors (Lipinski definition) is 4. The van der Waals surface area contributed by atoms with Gasteiger partial charge in [0.15, 0.2) is 5.82 Å². The zero-order chi connectivity index (χ0) is 14.7. The lowest BCUT2D eigenvalue weighted by molar-refractivity contribution is -0.117. The lowest BCUT2D eigenvalue weighted by atomic mass is 9.99. The van der Waals surface area contributed by atoms with Crippen molar-refractivity contribution in [2.45, 2.75) is 19.8 Å². The molecule has 0 spiro atoms. The molecular weight excluding hydrogens is 284 g/mol. The molecule has 1 fully saturated rings. The number of thiophene rings is 1. The topological polar surface area (TPSA) is 61.0 Å². The molecule has 1 saturated heterocycles. The minimum Gasteiger partial charge on any atom is -0.308 e. The number of rotatable bonds is 4. The Morgan fingerprint density at radius 2 is 2.33 bits per heavy atom. The first-order chi connectivity index (χ1) is 10.2. The summed E-state index contributed by atoms with van der Waals surface area (Å²) >= 11 is 1.64. The Labute approximate surface area is 128 Å². The van der Waals surface area contributed by atoms with Crippen LogP contribution < -0.4 is 5.32 Å². The molecule has 5 nitrogen and oxygen atoms in total. The van der Waals surface area contributed by atoms with E-state index in [1.54, 1.807) is 11.3 Å². The van der Waals surface area contributed by atoms with Crippen LogP contribution in [0.3, 0.4) is 0 Å². The SMILES string of the molecule is CC1CCN(CC(=O)Nc2cc(-c3cccs3)[nH]n2)CC1. The fourth-order valence-corrected chi connectivity index (χ4v) is 3.24. The number of hydrogen-bond donors (Lipinski definition) is 2. The highest BCUT2D eigenvalue weighted by Gasteiger charge is 2.18. The first-order valence-electron chi connectivity index (χ1n) is 7.32. The van der Waals surface area contributed by atoms with Gasteiger partial charge in [0.1, 0.15) is 0 Å². The Morgan fingerprint density at radius 1 is 1.52 bits per heavy atom. The van der Waals surface area contributed by atoms with E-state index in [-0.39, 0.29) is 5.91 Å². The van der Waals surface area contributed by atoms with E-state index in [4.69, 9.17) is 0 Å². The van der Waals surface area contributed by atoms with Gasteiger partial charge >= 0.3 is 0 Å². The smallest absolute Gasteiger partial charge is 0.239 e. The molecule has 6 heteroatoms. The number of aromatic nitrogens is 2. The van der Waals surface area contributed by atoms with E-state index in [9.17, 15) is 4.79 Å². The number of nitrogens with zero attached hydrogens (tertiary/aromatic N) is 2. The van der Waals surface area contributed by atoms with Crippen molar-refractivity contribution in [3.63, 3.8) is 0 Å². The molecule has 0 radical (unpaired) electrons. The maximum atomic E-state index is 12.1. The molecule has 2 aromatic heterocycles. The van der Waals surface area contributed by atoms with Gasteiger partial charge in [-0.2, -0.15) is 5.10 Å². The standard InChI is InChI=1S/C15H20N4OS/c1-11-4-6-19(7-5-11)10-15(20)16-14-9-12(17-18-14)13-3-2-8-21-13/h2-3,8-9,11H,4-7,10H2,1H3,(H2,16,17,18,20). The van der Waals surface area contributed by atoms with Crippen molar-refractivity contribution >= 4 is 23.1 Å². The van der Waals surface area contributed by atoms with Gasteiger partial charge in [-0.1, -0.05) is 13.0 Å². The van der Waals surface area contributed by atoms with Gasteiger partial charge in [0.05, 0.1) is 17.1 Å². The molecule has 2 N–H and O–H groups in total. The first-order valence-corrected chi connectivity index (χ1v) is 8.20. The number of carbonyl (C=O) groups is 1. The Bertz CT molecular complexity index is 585. The van der Waals surface area contributed by atoms with Gasteiger partial charge in [-0.05, 0) is 43.3 Å². The zero-order valence-electron chi connectivity index (χ0n) is 12.1. The number of carbonyl (C=O) groups excluding carboxylic acids is 1. The maximum absolute atomic E-state index is 12.1. The van der Waals surface area contributed by atoms with Crippen LogP contribution in [0.15, 0.2) is 23.6 Å². The van der Waals surface area contributed by atoms with Crippen LogP contribution in [0, 0.1) is 5.92 Å². The molecule has 1 amide bonds. The molecule has 0 aromatic carbocycles. The van der Waals surface area contributed by atoms with Crippen LogP contribution in [0.1, 0.15) is 19.8 Å². The van der Waals surface area contributed by atoms with E-state index < -0.39 is 0 Å². The molecule has 3 rings (SSSR count). The van der Waals surface area contributed by atoms with Crippen LogP contribution in [-0.2, 0) is 4.79 Å². The molecule has 0 aliphatic carbocycles. The lowest BCUT2D eigenvalue weighted by Crippen LogP contribution is -2.38. The van der Waals surface area contributed by atoms with Crippen molar-refractivity contribution in [2.75, 3.05) is 25.0 Å². The van der Waals surface area contributed by atoms with E-state index in [2.05, 4.69) is 27.3 Å². The van der Waals surface area contributed by atoms with E-state index in [1.165, 1.54) is 12.8 Å². The number of H-pyrrole nitrogens is 1. The Morgan fingerprint density at radius 3 is 3.05 bits per heavy atom. The number of piperidine rings is 1. The fourth-order valence-electron chi connectivity index (χ4n) is 2.55. The molecule has 0 bridgehead atoms. The maximum Gasteiger partial charge on any atom is 0.239 e. The Balaban J connectivity index is 1.53. The average molecular weight is 304 g/mol. The van der Waals surface area contributed by atoms with Gasteiger partial charge in [-0.3, -0.25) is 14.8 Å². The number of nitrogens with one attached hydrogen (secondary N) is 2. The Hall–Kier alpha value is -1.66. The normalized spacial score (nSPS) is 17.0. The average Bonchev–Trinajstić information content (AvgIpc) is 3.12. The van der Waals surface area contributed by atoms with Crippen molar-refractivity contribution in [2.24, 2.45) is 5.92 Å². The lowest BCUT2D eigenvalue weighted by Gasteiger charge is -2.29. The molecule has 1 aliphatic heterocycles. The minimum absolute atomic E-state index is 0.00813. The largest absolute Gasteiger partial charge is 0.308 e. The van der Waals surface area contributed by atoms with Crippen molar-refractivity contribution in [1.82, 2.24) is 15.1 Å². The predicted molar refractivity (Wildman–Crippen MR) is 85.4 cm³/mol. The summed E-state index contributed by atoms with van der Waals surface area (Å²) in [6, 6.07) is 5.90. The van der Waals surface area contributed by atoms with E-state index >= 15 is 0 Å². The predicted octanol–water partition coefficient (Wildman–Crippen LogP) is 2.81. The highest BCUT2D eigenvalue weighted by molar-refractivity contribution is 7.13. The summed E-state index contributed by atoms with van der Waals surface area (Å²) in [6.07, 6.45) is 2.36. The van der Waals surface area contributed by atoms with E-state index in [0.717, 1.165) is 29.6 Å². The molecule has 112 valence electrons. The molecule has 0 saturated carbocycles. The second kappa shape index (κ2) is 6.41. The number of likely N-dealkylation sites (tertiary alicyclic amines) is 1. The van der Waals surface area contributed by atoms with Gasteiger partial charge in [-0.25, -0.2) is 0 Å². The highest BCUT2D eigenvalue weighted by Crippen LogP contribution is 2.24. The number of amides is 1. The molecular formula is C15H20N4OS. The molecule has 3 heterocycles. The summed E-state index contributed by atoms with van der Waals surface area (Å²) in [5.74, 6) is 1.38. The number of aromatic amines is 1. The van der Waals surface area contributed by atoms with E-state index in [0.29, 0.717) is 12.4 Å². The first kappa shape index (κ1) is 14.3. The molecule has 0 unspecified atom stereocenters. The van der Waals surface area contributed by atoms with Gasteiger partial charge in [0, 0.05) is 6.07 Å². The summed E-state index contributed by atoms with van der Waals surface area (Å²) in [5, 5.41) is 12.0.